The normalized spacial score (nSPS) is 15.6. The number of aromatic amines is 1. The molecule has 5 nitrogen and oxygen atoms in total. The molecule has 1 saturated carbocycles. The number of nitrogens with one attached hydrogen (secondary N) is 2. The van der Waals surface area contributed by atoms with Gasteiger partial charge in [0, 0.05) is 23.7 Å². The number of carbonyl (C=O) groups excluding carboxylic acids is 1. The molecular weight excluding hydrogens is 372 g/mol. The summed E-state index contributed by atoms with van der Waals surface area (Å²) in [6.45, 7) is 7.73. The molecular formula is C25H32N4O. The number of rotatable bonds is 6. The summed E-state index contributed by atoms with van der Waals surface area (Å²) in [7, 11) is 0. The van der Waals surface area contributed by atoms with Crippen molar-refractivity contribution in [3.63, 3.8) is 0 Å². The van der Waals surface area contributed by atoms with Crippen molar-refractivity contribution in [2.45, 2.75) is 59.4 Å². The van der Waals surface area contributed by atoms with E-state index in [9.17, 15) is 4.79 Å². The topological polar surface area (TPSA) is 70.7 Å². The molecule has 5 heteroatoms. The number of hydrogen-bond donors (Lipinski definition) is 2. The Morgan fingerprint density at radius 2 is 2.00 bits per heavy atom. The van der Waals surface area contributed by atoms with Crippen LogP contribution < -0.4 is 5.32 Å². The highest BCUT2D eigenvalue weighted by atomic mass is 16.1. The van der Waals surface area contributed by atoms with Gasteiger partial charge in [-0.05, 0) is 36.9 Å². The van der Waals surface area contributed by atoms with Crippen LogP contribution in [0.4, 0.5) is 0 Å². The third-order valence-corrected chi connectivity index (χ3v) is 6.02. The predicted octanol–water partition coefficient (Wildman–Crippen LogP) is 5.52. The summed E-state index contributed by atoms with van der Waals surface area (Å²) in [5.41, 5.74) is 4.50. The summed E-state index contributed by atoms with van der Waals surface area (Å²) in [4.78, 5) is 25.2. The first-order valence-corrected chi connectivity index (χ1v) is 11.1. The molecule has 1 fully saturated rings. The molecule has 0 spiro atoms. The lowest BCUT2D eigenvalue weighted by molar-refractivity contribution is 0.0860. The molecule has 0 aliphatic heterocycles. The molecule has 0 saturated heterocycles. The van der Waals surface area contributed by atoms with E-state index in [1.54, 1.807) is 12.4 Å². The Labute approximate surface area is 178 Å². The molecule has 2 heterocycles. The van der Waals surface area contributed by atoms with E-state index in [0.717, 1.165) is 30.3 Å². The number of benzene rings is 1. The zero-order valence-corrected chi connectivity index (χ0v) is 18.3. The maximum absolute atomic E-state index is 12.8. The summed E-state index contributed by atoms with van der Waals surface area (Å²) in [5.74, 6) is 0.892. The molecule has 1 aliphatic rings. The molecule has 3 aromatic rings. The van der Waals surface area contributed by atoms with Crippen molar-refractivity contribution < 1.29 is 4.79 Å². The standard InChI is InChI=1S/C25H32N4O/c1-25(2,3)23(30)20-15-27-24-22(20)29-21(16-28-24)19-11-7-10-18(12-19)14-26-13-17-8-5-4-6-9-17/h7,10-12,15-17,26H,4-6,8-9,13-14H2,1-3H3,(H,27,28). The Morgan fingerprint density at radius 1 is 1.20 bits per heavy atom. The van der Waals surface area contributed by atoms with Crippen LogP contribution in [0.2, 0.25) is 0 Å². The number of hydrogen-bond acceptors (Lipinski definition) is 4. The Bertz CT molecular complexity index is 1030. The number of ketones is 1. The largest absolute Gasteiger partial charge is 0.344 e. The van der Waals surface area contributed by atoms with E-state index in [-0.39, 0.29) is 5.78 Å². The van der Waals surface area contributed by atoms with Crippen molar-refractivity contribution in [3.05, 3.63) is 47.8 Å². The minimum Gasteiger partial charge on any atom is -0.344 e. The lowest BCUT2D eigenvalue weighted by Gasteiger charge is -2.21. The van der Waals surface area contributed by atoms with Gasteiger partial charge in [0.1, 0.15) is 5.52 Å². The second kappa shape index (κ2) is 8.68. The molecule has 0 radical (unpaired) electrons. The Balaban J connectivity index is 1.52. The van der Waals surface area contributed by atoms with Crippen molar-refractivity contribution in [2.24, 2.45) is 11.3 Å². The molecule has 2 N–H and O–H groups in total. The third kappa shape index (κ3) is 4.62. The fourth-order valence-corrected chi connectivity index (χ4v) is 4.26. The number of Topliss-reactive ketones (excluding diaryl/α,β-unsaturated/α-hetero) is 1. The summed E-state index contributed by atoms with van der Waals surface area (Å²) < 4.78 is 0. The Hall–Kier alpha value is -2.53. The molecule has 2 aromatic heterocycles. The average Bonchev–Trinajstić information content (AvgIpc) is 3.16. The summed E-state index contributed by atoms with van der Waals surface area (Å²) >= 11 is 0. The van der Waals surface area contributed by atoms with Gasteiger partial charge in [-0.2, -0.15) is 0 Å². The summed E-state index contributed by atoms with van der Waals surface area (Å²) in [5, 5.41) is 3.63. The maximum Gasteiger partial charge on any atom is 0.171 e. The molecule has 30 heavy (non-hydrogen) atoms. The van der Waals surface area contributed by atoms with Crippen LogP contribution in [-0.4, -0.2) is 27.3 Å². The first-order chi connectivity index (χ1) is 14.4. The van der Waals surface area contributed by atoms with E-state index >= 15 is 0 Å². The van der Waals surface area contributed by atoms with Gasteiger partial charge in [0.05, 0.1) is 17.5 Å². The van der Waals surface area contributed by atoms with Crippen LogP contribution in [0.25, 0.3) is 22.4 Å². The van der Waals surface area contributed by atoms with Gasteiger partial charge >= 0.3 is 0 Å². The van der Waals surface area contributed by atoms with Gasteiger partial charge in [-0.1, -0.05) is 58.2 Å². The first kappa shape index (κ1) is 20.7. The quantitative estimate of drug-likeness (QED) is 0.530. The first-order valence-electron chi connectivity index (χ1n) is 11.1. The van der Waals surface area contributed by atoms with Crippen LogP contribution in [0.5, 0.6) is 0 Å². The lowest BCUT2D eigenvalue weighted by atomic mass is 9.87. The van der Waals surface area contributed by atoms with E-state index in [1.807, 2.05) is 20.8 Å². The minimum atomic E-state index is -0.462. The van der Waals surface area contributed by atoms with Crippen LogP contribution in [0, 0.1) is 11.3 Å². The van der Waals surface area contributed by atoms with Crippen LogP contribution in [0.1, 0.15) is 68.8 Å². The summed E-state index contributed by atoms with van der Waals surface area (Å²) in [6, 6.07) is 8.44. The zero-order valence-electron chi connectivity index (χ0n) is 18.3. The van der Waals surface area contributed by atoms with Crippen LogP contribution >= 0.6 is 0 Å². The summed E-state index contributed by atoms with van der Waals surface area (Å²) in [6.07, 6.45) is 10.4. The zero-order chi connectivity index (χ0) is 21.1. The highest BCUT2D eigenvalue weighted by Gasteiger charge is 2.26. The second-order valence-electron chi connectivity index (χ2n) is 9.57. The molecule has 0 atom stereocenters. The van der Waals surface area contributed by atoms with Gasteiger partial charge in [0.15, 0.2) is 11.4 Å². The minimum absolute atomic E-state index is 0.0702. The molecule has 0 unspecified atom stereocenters. The highest BCUT2D eigenvalue weighted by Crippen LogP contribution is 2.27. The van der Waals surface area contributed by atoms with Crippen LogP contribution in [-0.2, 0) is 6.54 Å². The third-order valence-electron chi connectivity index (χ3n) is 6.02. The highest BCUT2D eigenvalue weighted by molar-refractivity contribution is 6.08. The molecule has 158 valence electrons. The number of H-pyrrole nitrogens is 1. The lowest BCUT2D eigenvalue weighted by Crippen LogP contribution is -2.24. The number of nitrogens with zero attached hydrogens (tertiary/aromatic N) is 2. The Kier molecular flexibility index (Phi) is 6.00. The molecule has 0 amide bonds. The fourth-order valence-electron chi connectivity index (χ4n) is 4.26. The van der Waals surface area contributed by atoms with Crippen molar-refractivity contribution in [3.8, 4) is 11.3 Å². The smallest absolute Gasteiger partial charge is 0.171 e. The number of aromatic nitrogens is 3. The van der Waals surface area contributed by atoms with E-state index < -0.39 is 5.41 Å². The van der Waals surface area contributed by atoms with Crippen molar-refractivity contribution in [1.82, 2.24) is 20.3 Å². The van der Waals surface area contributed by atoms with E-state index in [1.165, 1.54) is 37.7 Å². The second-order valence-corrected chi connectivity index (χ2v) is 9.57. The van der Waals surface area contributed by atoms with Gasteiger partial charge in [0.25, 0.3) is 0 Å². The molecule has 0 bridgehead atoms. The van der Waals surface area contributed by atoms with Gasteiger partial charge in [-0.3, -0.25) is 4.79 Å². The monoisotopic (exact) mass is 404 g/mol. The van der Waals surface area contributed by atoms with Crippen molar-refractivity contribution in [2.75, 3.05) is 6.54 Å². The SMILES string of the molecule is CC(C)(C)C(=O)c1c[nH]c2ncc(-c3cccc(CNCC4CCCCC4)c3)nc12. The predicted molar refractivity (Wildman–Crippen MR) is 121 cm³/mol. The Morgan fingerprint density at radius 3 is 2.77 bits per heavy atom. The van der Waals surface area contributed by atoms with Crippen molar-refractivity contribution in [1.29, 1.82) is 0 Å². The van der Waals surface area contributed by atoms with Crippen LogP contribution in [0.3, 0.4) is 0 Å². The van der Waals surface area contributed by atoms with Gasteiger partial charge < -0.3 is 10.3 Å². The van der Waals surface area contributed by atoms with E-state index in [4.69, 9.17) is 4.98 Å². The van der Waals surface area contributed by atoms with Crippen molar-refractivity contribution >= 4 is 16.9 Å². The molecule has 4 rings (SSSR count). The number of fused-ring (bicyclic) bond motifs is 1. The van der Waals surface area contributed by atoms with Gasteiger partial charge in [-0.25, -0.2) is 9.97 Å². The number of carbonyl (C=O) groups is 1. The maximum atomic E-state index is 12.8. The van der Waals surface area contributed by atoms with Gasteiger partial charge in [0.2, 0.25) is 0 Å². The van der Waals surface area contributed by atoms with Gasteiger partial charge in [-0.15, -0.1) is 0 Å². The van der Waals surface area contributed by atoms with Crippen LogP contribution in [0.15, 0.2) is 36.7 Å². The average molecular weight is 405 g/mol. The molecule has 1 aliphatic carbocycles. The fraction of sp³-hybridized carbons (Fsp3) is 0.480. The van der Waals surface area contributed by atoms with E-state index in [0.29, 0.717) is 16.7 Å². The van der Waals surface area contributed by atoms with E-state index in [2.05, 4.69) is 39.6 Å². The molecule has 1 aromatic carbocycles.